The summed E-state index contributed by atoms with van der Waals surface area (Å²) >= 11 is 3.63. The van der Waals surface area contributed by atoms with Gasteiger partial charge in [-0.2, -0.15) is 0 Å². The number of rotatable bonds is 4. The molecule has 0 radical (unpaired) electrons. The van der Waals surface area contributed by atoms with Gasteiger partial charge in [-0.1, -0.05) is 47.5 Å². The average Bonchev–Trinajstić information content (AvgIpc) is 2.74. The van der Waals surface area contributed by atoms with E-state index in [1.165, 1.54) is 29.3 Å². The summed E-state index contributed by atoms with van der Waals surface area (Å²) in [6.45, 7) is 4.06. The van der Waals surface area contributed by atoms with E-state index in [2.05, 4.69) is 59.1 Å². The summed E-state index contributed by atoms with van der Waals surface area (Å²) in [6, 6.07) is 8.45. The number of hydrogen-bond acceptors (Lipinski definition) is 2. The quantitative estimate of drug-likeness (QED) is 0.923. The Balaban J connectivity index is 2.16. The fraction of sp³-hybridized carbons (Fsp3) is 0.600. The van der Waals surface area contributed by atoms with Crippen molar-refractivity contribution in [1.82, 2.24) is 4.90 Å². The monoisotopic (exact) mass is 310 g/mol. The van der Waals surface area contributed by atoms with Crippen LogP contribution in [0.2, 0.25) is 0 Å². The second kappa shape index (κ2) is 5.72. The lowest BCUT2D eigenvalue weighted by atomic mass is 9.86. The molecule has 18 heavy (non-hydrogen) atoms. The molecule has 0 bridgehead atoms. The second-order valence-electron chi connectivity index (χ2n) is 5.55. The van der Waals surface area contributed by atoms with Crippen molar-refractivity contribution in [1.29, 1.82) is 0 Å². The van der Waals surface area contributed by atoms with Crippen LogP contribution in [0.15, 0.2) is 28.7 Å². The van der Waals surface area contributed by atoms with Gasteiger partial charge in [0, 0.05) is 23.1 Å². The number of halogens is 1. The van der Waals surface area contributed by atoms with E-state index < -0.39 is 0 Å². The van der Waals surface area contributed by atoms with Gasteiger partial charge in [0.05, 0.1) is 0 Å². The lowest BCUT2D eigenvalue weighted by Gasteiger charge is -2.42. The topological polar surface area (TPSA) is 29.3 Å². The van der Waals surface area contributed by atoms with E-state index >= 15 is 0 Å². The molecule has 1 aliphatic carbocycles. The normalized spacial score (nSPS) is 27.9. The van der Waals surface area contributed by atoms with E-state index in [9.17, 15) is 0 Å². The molecule has 2 N–H and O–H groups in total. The van der Waals surface area contributed by atoms with Gasteiger partial charge in [-0.15, -0.1) is 0 Å². The van der Waals surface area contributed by atoms with Crippen LogP contribution in [0.3, 0.4) is 0 Å². The molecule has 0 amide bonds. The van der Waals surface area contributed by atoms with Gasteiger partial charge >= 0.3 is 0 Å². The molecular formula is C15H23BrN2. The Morgan fingerprint density at radius 1 is 1.44 bits per heavy atom. The highest BCUT2D eigenvalue weighted by Gasteiger charge is 2.42. The molecule has 0 spiro atoms. The molecule has 1 fully saturated rings. The van der Waals surface area contributed by atoms with E-state index in [-0.39, 0.29) is 5.54 Å². The average molecular weight is 311 g/mol. The van der Waals surface area contributed by atoms with E-state index in [1.54, 1.807) is 0 Å². The summed E-state index contributed by atoms with van der Waals surface area (Å²) in [4.78, 5) is 2.46. The maximum atomic E-state index is 6.10. The largest absolute Gasteiger partial charge is 0.329 e. The first-order valence-electron chi connectivity index (χ1n) is 6.75. The Morgan fingerprint density at radius 3 is 2.72 bits per heavy atom. The Labute approximate surface area is 119 Å². The van der Waals surface area contributed by atoms with Crippen molar-refractivity contribution in [2.24, 2.45) is 11.7 Å². The van der Waals surface area contributed by atoms with Crippen LogP contribution < -0.4 is 5.73 Å². The van der Waals surface area contributed by atoms with Crippen molar-refractivity contribution < 1.29 is 0 Å². The Hall–Kier alpha value is -0.380. The molecule has 0 aromatic heterocycles. The molecule has 2 unspecified atom stereocenters. The van der Waals surface area contributed by atoms with Gasteiger partial charge in [-0.05, 0) is 37.4 Å². The fourth-order valence-corrected chi connectivity index (χ4v) is 3.71. The first kappa shape index (κ1) is 14.0. The molecule has 100 valence electrons. The molecule has 2 nitrogen and oxygen atoms in total. The molecule has 0 heterocycles. The van der Waals surface area contributed by atoms with Crippen LogP contribution in [0.25, 0.3) is 0 Å². The number of likely N-dealkylation sites (N-methyl/N-ethyl adjacent to an activating group) is 1. The Morgan fingerprint density at radius 2 is 2.17 bits per heavy atom. The van der Waals surface area contributed by atoms with Crippen LogP contribution in [0.1, 0.15) is 31.7 Å². The zero-order valence-electron chi connectivity index (χ0n) is 11.3. The second-order valence-corrected chi connectivity index (χ2v) is 6.40. The summed E-state index contributed by atoms with van der Waals surface area (Å²) in [5, 5.41) is 0. The minimum Gasteiger partial charge on any atom is -0.329 e. The highest BCUT2D eigenvalue weighted by atomic mass is 79.9. The van der Waals surface area contributed by atoms with Crippen LogP contribution >= 0.6 is 15.9 Å². The smallest absolute Gasteiger partial charge is 0.0357 e. The molecule has 0 aliphatic heterocycles. The molecule has 2 atom stereocenters. The third-order valence-electron chi connectivity index (χ3n) is 4.64. The number of nitrogens with two attached hydrogens (primary N) is 1. The van der Waals surface area contributed by atoms with Gasteiger partial charge in [-0.3, -0.25) is 4.90 Å². The molecule has 3 heteroatoms. The van der Waals surface area contributed by atoms with E-state index in [0.29, 0.717) is 5.92 Å². The predicted molar refractivity (Wildman–Crippen MR) is 80.4 cm³/mol. The lowest BCUT2D eigenvalue weighted by Crippen LogP contribution is -2.53. The minimum absolute atomic E-state index is 0.190. The van der Waals surface area contributed by atoms with Crippen LogP contribution in [-0.2, 0) is 6.54 Å². The summed E-state index contributed by atoms with van der Waals surface area (Å²) in [7, 11) is 2.22. The van der Waals surface area contributed by atoms with E-state index in [4.69, 9.17) is 5.73 Å². The minimum atomic E-state index is 0.190. The van der Waals surface area contributed by atoms with Crippen LogP contribution in [0, 0.1) is 5.92 Å². The van der Waals surface area contributed by atoms with Crippen LogP contribution in [0.4, 0.5) is 0 Å². The zero-order valence-corrected chi connectivity index (χ0v) is 12.9. The van der Waals surface area contributed by atoms with Crippen molar-refractivity contribution in [3.05, 3.63) is 34.3 Å². The van der Waals surface area contributed by atoms with Crippen LogP contribution in [-0.4, -0.2) is 24.0 Å². The fourth-order valence-electron chi connectivity index (χ4n) is 3.30. The van der Waals surface area contributed by atoms with Gasteiger partial charge < -0.3 is 5.73 Å². The van der Waals surface area contributed by atoms with Gasteiger partial charge in [-0.25, -0.2) is 0 Å². The molecular weight excluding hydrogens is 288 g/mol. The summed E-state index contributed by atoms with van der Waals surface area (Å²) in [5.74, 6) is 0.690. The molecule has 1 aromatic carbocycles. The van der Waals surface area contributed by atoms with Crippen molar-refractivity contribution in [3.63, 3.8) is 0 Å². The highest BCUT2D eigenvalue weighted by molar-refractivity contribution is 9.10. The number of benzene rings is 1. The maximum Gasteiger partial charge on any atom is 0.0357 e. The van der Waals surface area contributed by atoms with Crippen molar-refractivity contribution in [2.45, 2.75) is 38.3 Å². The molecule has 2 rings (SSSR count). The first-order valence-corrected chi connectivity index (χ1v) is 7.54. The molecule has 1 aromatic rings. The van der Waals surface area contributed by atoms with Gasteiger partial charge in [0.25, 0.3) is 0 Å². The maximum absolute atomic E-state index is 6.10. The number of nitrogens with zero attached hydrogens (tertiary/aromatic N) is 1. The third kappa shape index (κ3) is 2.49. The Bertz CT molecular complexity index is 407. The molecule has 0 saturated heterocycles. The van der Waals surface area contributed by atoms with Gasteiger partial charge in [0.2, 0.25) is 0 Å². The van der Waals surface area contributed by atoms with Crippen LogP contribution in [0.5, 0.6) is 0 Å². The van der Waals surface area contributed by atoms with E-state index in [1.807, 2.05) is 0 Å². The van der Waals surface area contributed by atoms with Gasteiger partial charge in [0.15, 0.2) is 0 Å². The van der Waals surface area contributed by atoms with Crippen molar-refractivity contribution in [2.75, 3.05) is 13.6 Å². The SMILES string of the molecule is CC1CCCC1(CN)N(C)Cc1ccccc1Br. The highest BCUT2D eigenvalue weighted by Crippen LogP contribution is 2.39. The molecule has 1 aliphatic rings. The summed E-state index contributed by atoms with van der Waals surface area (Å²) in [5.41, 5.74) is 7.63. The first-order chi connectivity index (χ1) is 8.60. The van der Waals surface area contributed by atoms with Gasteiger partial charge in [0.1, 0.15) is 0 Å². The summed E-state index contributed by atoms with van der Waals surface area (Å²) in [6.07, 6.45) is 3.84. The lowest BCUT2D eigenvalue weighted by molar-refractivity contribution is 0.0839. The molecule has 1 saturated carbocycles. The van der Waals surface area contributed by atoms with E-state index in [0.717, 1.165) is 13.1 Å². The number of hydrogen-bond donors (Lipinski definition) is 1. The predicted octanol–water partition coefficient (Wildman–Crippen LogP) is 3.40. The zero-order chi connectivity index (χ0) is 13.2. The third-order valence-corrected chi connectivity index (χ3v) is 5.42. The van der Waals surface area contributed by atoms with Crippen molar-refractivity contribution >= 4 is 15.9 Å². The summed E-state index contributed by atoms with van der Waals surface area (Å²) < 4.78 is 1.19. The Kier molecular flexibility index (Phi) is 4.46. The standard InChI is InChI=1S/C15H23BrN2/c1-12-6-5-9-15(12,11-17)18(2)10-13-7-3-4-8-14(13)16/h3-4,7-8,12H,5-6,9-11,17H2,1-2H3. The van der Waals surface area contributed by atoms with Crippen molar-refractivity contribution in [3.8, 4) is 0 Å².